The molecule has 0 aliphatic heterocycles. The van der Waals surface area contributed by atoms with E-state index in [9.17, 15) is 4.79 Å². The lowest BCUT2D eigenvalue weighted by Crippen LogP contribution is -2.43. The summed E-state index contributed by atoms with van der Waals surface area (Å²) in [4.78, 5) is 22.5. The van der Waals surface area contributed by atoms with Gasteiger partial charge in [-0.3, -0.25) is 19.7 Å². The normalized spacial score (nSPS) is 11.5. The zero-order valence-electron chi connectivity index (χ0n) is 16.5. The van der Waals surface area contributed by atoms with E-state index in [1.54, 1.807) is 31.6 Å². The lowest BCUT2D eigenvalue weighted by atomic mass is 10.2. The zero-order chi connectivity index (χ0) is 18.7. The third-order valence-corrected chi connectivity index (χ3v) is 3.80. The minimum Gasteiger partial charge on any atom is -0.356 e. The number of anilines is 1. The van der Waals surface area contributed by atoms with Crippen LogP contribution < -0.4 is 16.0 Å². The Kier molecular flexibility index (Phi) is 13.0. The summed E-state index contributed by atoms with van der Waals surface area (Å²) in [5.74, 6) is 0.490. The van der Waals surface area contributed by atoms with E-state index in [4.69, 9.17) is 0 Å². The highest BCUT2D eigenvalue weighted by Gasteiger charge is 2.12. The number of pyridine rings is 1. The highest BCUT2D eigenvalue weighted by Crippen LogP contribution is 2.05. The van der Waals surface area contributed by atoms with Crippen LogP contribution in [0.15, 0.2) is 29.5 Å². The lowest BCUT2D eigenvalue weighted by Gasteiger charge is -2.30. The predicted molar refractivity (Wildman–Crippen MR) is 119 cm³/mol. The maximum absolute atomic E-state index is 11.9. The van der Waals surface area contributed by atoms with E-state index in [1.807, 2.05) is 0 Å². The number of nitrogens with one attached hydrogen (secondary N) is 3. The number of rotatable bonds is 9. The summed E-state index contributed by atoms with van der Waals surface area (Å²) in [6, 6.07) is 4.65. The van der Waals surface area contributed by atoms with Crippen molar-refractivity contribution in [2.75, 3.05) is 32.0 Å². The first-order valence-electron chi connectivity index (χ1n) is 8.84. The van der Waals surface area contributed by atoms with Crippen molar-refractivity contribution in [3.05, 3.63) is 24.5 Å². The Hall–Kier alpha value is -1.42. The van der Waals surface area contributed by atoms with Crippen molar-refractivity contribution in [2.24, 2.45) is 4.99 Å². The molecule has 0 aromatic carbocycles. The fourth-order valence-electron chi connectivity index (χ4n) is 2.61. The number of hydrogen-bond donors (Lipinski definition) is 3. The van der Waals surface area contributed by atoms with Gasteiger partial charge in [-0.2, -0.15) is 0 Å². The van der Waals surface area contributed by atoms with Crippen LogP contribution in [-0.4, -0.2) is 60.5 Å². The third-order valence-electron chi connectivity index (χ3n) is 3.80. The largest absolute Gasteiger partial charge is 0.356 e. The van der Waals surface area contributed by atoms with Crippen LogP contribution in [0.25, 0.3) is 0 Å². The summed E-state index contributed by atoms with van der Waals surface area (Å²) in [6.45, 7) is 10.9. The van der Waals surface area contributed by atoms with E-state index in [-0.39, 0.29) is 36.4 Å². The number of hydrogen-bond acceptors (Lipinski definition) is 4. The van der Waals surface area contributed by atoms with Crippen LogP contribution in [0.4, 0.5) is 5.69 Å². The number of amides is 1. The molecule has 1 rings (SSSR count). The van der Waals surface area contributed by atoms with Crippen molar-refractivity contribution < 1.29 is 4.79 Å². The first kappa shape index (κ1) is 24.6. The Labute approximate surface area is 174 Å². The van der Waals surface area contributed by atoms with Gasteiger partial charge < -0.3 is 16.0 Å². The van der Waals surface area contributed by atoms with Gasteiger partial charge in [0.05, 0.1) is 18.4 Å². The molecule has 0 spiro atoms. The van der Waals surface area contributed by atoms with Crippen molar-refractivity contribution in [3.63, 3.8) is 0 Å². The molecule has 3 N–H and O–H groups in total. The number of carbonyl (C=O) groups excluding carboxylic acids is 1. The second-order valence-corrected chi connectivity index (χ2v) is 6.42. The van der Waals surface area contributed by atoms with Crippen molar-refractivity contribution in [3.8, 4) is 0 Å². The van der Waals surface area contributed by atoms with Crippen LogP contribution in [-0.2, 0) is 4.79 Å². The maximum atomic E-state index is 11.9. The molecule has 26 heavy (non-hydrogen) atoms. The summed E-state index contributed by atoms with van der Waals surface area (Å²) in [5.41, 5.74) is 0.680. The van der Waals surface area contributed by atoms with Gasteiger partial charge in [0.2, 0.25) is 5.91 Å². The van der Waals surface area contributed by atoms with Gasteiger partial charge >= 0.3 is 0 Å². The second-order valence-electron chi connectivity index (χ2n) is 6.42. The molecule has 1 aromatic heterocycles. The molecule has 0 aliphatic carbocycles. The van der Waals surface area contributed by atoms with Gasteiger partial charge in [-0.25, -0.2) is 0 Å². The topological polar surface area (TPSA) is 81.7 Å². The standard InChI is InChI=1S/C18H32N6O.HI/c1-14(2)24(15(3)4)11-7-10-21-18(19-5)22-13-17(25)23-16-8-6-9-20-12-16;/h6,8-9,12,14-15H,7,10-11,13H2,1-5H3,(H,23,25)(H2,19,21,22);1H. The molecular formula is C18H33IN6O. The molecule has 1 heterocycles. The quantitative estimate of drug-likeness (QED) is 0.221. The Bertz CT molecular complexity index is 528. The number of aliphatic imine (C=N–C) groups is 1. The van der Waals surface area contributed by atoms with E-state index in [0.29, 0.717) is 23.7 Å². The summed E-state index contributed by atoms with van der Waals surface area (Å²) in [6.07, 6.45) is 4.29. The van der Waals surface area contributed by atoms with Crippen molar-refractivity contribution >= 4 is 41.5 Å². The maximum Gasteiger partial charge on any atom is 0.243 e. The lowest BCUT2D eigenvalue weighted by molar-refractivity contribution is -0.115. The average Bonchev–Trinajstić information content (AvgIpc) is 2.57. The molecule has 0 atom stereocenters. The molecule has 0 aliphatic rings. The predicted octanol–water partition coefficient (Wildman–Crippen LogP) is 2.31. The summed E-state index contributed by atoms with van der Waals surface area (Å²) in [7, 11) is 1.70. The Balaban J connectivity index is 0.00000625. The number of carbonyl (C=O) groups is 1. The van der Waals surface area contributed by atoms with Gasteiger partial charge in [-0.05, 0) is 46.2 Å². The smallest absolute Gasteiger partial charge is 0.243 e. The molecule has 8 heteroatoms. The molecule has 0 unspecified atom stereocenters. The fourth-order valence-corrected chi connectivity index (χ4v) is 2.61. The van der Waals surface area contributed by atoms with Crippen LogP contribution >= 0.6 is 24.0 Å². The zero-order valence-corrected chi connectivity index (χ0v) is 18.8. The molecule has 7 nitrogen and oxygen atoms in total. The highest BCUT2D eigenvalue weighted by molar-refractivity contribution is 14.0. The number of guanidine groups is 1. The van der Waals surface area contributed by atoms with Gasteiger partial charge in [-0.15, -0.1) is 24.0 Å². The Morgan fingerprint density at radius 2 is 1.92 bits per heavy atom. The van der Waals surface area contributed by atoms with E-state index >= 15 is 0 Å². The van der Waals surface area contributed by atoms with Crippen molar-refractivity contribution in [1.29, 1.82) is 0 Å². The van der Waals surface area contributed by atoms with Crippen LogP contribution in [0.1, 0.15) is 34.1 Å². The molecule has 1 aromatic rings. The monoisotopic (exact) mass is 476 g/mol. The Morgan fingerprint density at radius 1 is 1.23 bits per heavy atom. The first-order chi connectivity index (χ1) is 11.9. The fraction of sp³-hybridized carbons (Fsp3) is 0.611. The molecule has 0 fully saturated rings. The molecule has 0 radical (unpaired) electrons. The molecular weight excluding hydrogens is 443 g/mol. The van der Waals surface area contributed by atoms with E-state index in [0.717, 1.165) is 19.5 Å². The summed E-state index contributed by atoms with van der Waals surface area (Å²) >= 11 is 0. The van der Waals surface area contributed by atoms with Gasteiger partial charge in [0.25, 0.3) is 0 Å². The van der Waals surface area contributed by atoms with Crippen LogP contribution in [0, 0.1) is 0 Å². The second kappa shape index (κ2) is 13.7. The molecule has 0 saturated heterocycles. The summed E-state index contributed by atoms with van der Waals surface area (Å²) in [5, 5.41) is 9.03. The van der Waals surface area contributed by atoms with Crippen molar-refractivity contribution in [2.45, 2.75) is 46.2 Å². The van der Waals surface area contributed by atoms with E-state index in [1.165, 1.54) is 0 Å². The number of halogens is 1. The molecule has 148 valence electrons. The van der Waals surface area contributed by atoms with Gasteiger partial charge in [-0.1, -0.05) is 0 Å². The van der Waals surface area contributed by atoms with Crippen LogP contribution in [0.5, 0.6) is 0 Å². The van der Waals surface area contributed by atoms with Gasteiger partial charge in [0.1, 0.15) is 0 Å². The number of aromatic nitrogens is 1. The van der Waals surface area contributed by atoms with Crippen LogP contribution in [0.3, 0.4) is 0 Å². The van der Waals surface area contributed by atoms with E-state index in [2.05, 4.69) is 58.5 Å². The van der Waals surface area contributed by atoms with Gasteiger partial charge in [0, 0.05) is 38.4 Å². The minimum atomic E-state index is -0.137. The van der Waals surface area contributed by atoms with Crippen molar-refractivity contribution in [1.82, 2.24) is 20.5 Å². The third kappa shape index (κ3) is 9.91. The SMILES string of the molecule is CN=C(NCCCN(C(C)C)C(C)C)NCC(=O)Nc1cccnc1.I. The van der Waals surface area contributed by atoms with E-state index < -0.39 is 0 Å². The van der Waals surface area contributed by atoms with Gasteiger partial charge in [0.15, 0.2) is 5.96 Å². The molecule has 1 amide bonds. The Morgan fingerprint density at radius 3 is 2.46 bits per heavy atom. The molecule has 0 bridgehead atoms. The minimum absolute atomic E-state index is 0. The average molecular weight is 476 g/mol. The first-order valence-corrected chi connectivity index (χ1v) is 8.84. The highest BCUT2D eigenvalue weighted by atomic mass is 127. The van der Waals surface area contributed by atoms with Crippen LogP contribution in [0.2, 0.25) is 0 Å². The summed E-state index contributed by atoms with van der Waals surface area (Å²) < 4.78 is 0. The number of nitrogens with zero attached hydrogens (tertiary/aromatic N) is 3. The molecule has 0 saturated carbocycles.